The van der Waals surface area contributed by atoms with Gasteiger partial charge in [0, 0.05) is 11.6 Å². The van der Waals surface area contributed by atoms with Crippen molar-refractivity contribution in [2.24, 2.45) is 0 Å². The van der Waals surface area contributed by atoms with Crippen molar-refractivity contribution in [1.29, 1.82) is 0 Å². The minimum absolute atomic E-state index is 0.165. The highest BCUT2D eigenvalue weighted by Gasteiger charge is 2.15. The van der Waals surface area contributed by atoms with Gasteiger partial charge in [0.15, 0.2) is 0 Å². The Morgan fingerprint density at radius 2 is 1.96 bits per heavy atom. The number of pyridine rings is 1. The van der Waals surface area contributed by atoms with E-state index in [-0.39, 0.29) is 5.91 Å². The molecular weight excluding hydrogens is 358 g/mol. The second-order valence-corrected chi connectivity index (χ2v) is 6.79. The third-order valence-corrected chi connectivity index (χ3v) is 5.03. The lowest BCUT2D eigenvalue weighted by molar-refractivity contribution is 0.0950. The number of para-hydroxylation sites is 1. The highest BCUT2D eigenvalue weighted by atomic mass is 32.1. The normalized spacial score (nSPS) is 10.7. The monoisotopic (exact) mass is 375 g/mol. The van der Waals surface area contributed by atoms with Crippen LogP contribution in [0, 0.1) is 6.92 Å². The topological polar surface area (TPSA) is 72.7 Å². The van der Waals surface area contributed by atoms with Gasteiger partial charge < -0.3 is 5.32 Å². The number of nitrogens with one attached hydrogen (secondary N) is 1. The van der Waals surface area contributed by atoms with E-state index >= 15 is 0 Å². The van der Waals surface area contributed by atoms with Crippen LogP contribution in [0.2, 0.25) is 0 Å². The Bertz CT molecular complexity index is 1060. The molecule has 3 heterocycles. The van der Waals surface area contributed by atoms with Gasteiger partial charge in [-0.25, -0.2) is 9.67 Å². The number of carbonyl (C=O) groups is 1. The number of aromatic nitrogens is 4. The summed E-state index contributed by atoms with van der Waals surface area (Å²) >= 11 is 1.51. The summed E-state index contributed by atoms with van der Waals surface area (Å²) in [5.41, 5.74) is 3.92. The molecule has 7 heteroatoms. The molecule has 0 aliphatic carbocycles. The maximum atomic E-state index is 12.6. The zero-order valence-corrected chi connectivity index (χ0v) is 15.5. The van der Waals surface area contributed by atoms with Gasteiger partial charge in [0.2, 0.25) is 0 Å². The number of nitrogens with zero attached hydrogens (tertiary/aromatic N) is 4. The summed E-state index contributed by atoms with van der Waals surface area (Å²) in [6, 6.07) is 15.5. The van der Waals surface area contributed by atoms with E-state index in [0.29, 0.717) is 12.1 Å². The quantitative estimate of drug-likeness (QED) is 0.578. The van der Waals surface area contributed by atoms with Crippen LogP contribution in [0.1, 0.15) is 21.7 Å². The lowest BCUT2D eigenvalue weighted by atomic mass is 10.2. The summed E-state index contributed by atoms with van der Waals surface area (Å²) in [5.74, 6) is -0.165. The van der Waals surface area contributed by atoms with Crippen molar-refractivity contribution < 1.29 is 4.79 Å². The van der Waals surface area contributed by atoms with Crippen molar-refractivity contribution in [2.45, 2.75) is 13.5 Å². The molecule has 27 heavy (non-hydrogen) atoms. The molecule has 1 amide bonds. The van der Waals surface area contributed by atoms with E-state index in [2.05, 4.69) is 20.4 Å². The van der Waals surface area contributed by atoms with Crippen molar-refractivity contribution in [2.75, 3.05) is 0 Å². The van der Waals surface area contributed by atoms with E-state index in [9.17, 15) is 4.79 Å². The zero-order chi connectivity index (χ0) is 18.6. The van der Waals surface area contributed by atoms with Crippen LogP contribution in [0.4, 0.5) is 0 Å². The summed E-state index contributed by atoms with van der Waals surface area (Å²) < 4.78 is 1.76. The zero-order valence-electron chi connectivity index (χ0n) is 14.7. The number of hydrogen-bond donors (Lipinski definition) is 1. The summed E-state index contributed by atoms with van der Waals surface area (Å²) in [4.78, 5) is 21.4. The van der Waals surface area contributed by atoms with E-state index in [1.54, 1.807) is 17.1 Å². The van der Waals surface area contributed by atoms with Crippen LogP contribution in [-0.4, -0.2) is 25.7 Å². The third-order valence-electron chi connectivity index (χ3n) is 4.12. The molecule has 0 spiro atoms. The van der Waals surface area contributed by atoms with Crippen LogP contribution >= 0.6 is 11.3 Å². The first kappa shape index (κ1) is 17.1. The fourth-order valence-corrected chi connectivity index (χ4v) is 3.52. The molecule has 1 N–H and O–H groups in total. The molecule has 0 saturated carbocycles. The lowest BCUT2D eigenvalue weighted by Gasteiger charge is -2.05. The number of benzene rings is 1. The van der Waals surface area contributed by atoms with Gasteiger partial charge in [0.1, 0.15) is 5.01 Å². The lowest BCUT2D eigenvalue weighted by Crippen LogP contribution is -2.23. The average Bonchev–Trinajstić information content (AvgIpc) is 3.34. The smallest absolute Gasteiger partial charge is 0.255 e. The Morgan fingerprint density at radius 1 is 1.15 bits per heavy atom. The minimum atomic E-state index is -0.165. The molecule has 0 bridgehead atoms. The summed E-state index contributed by atoms with van der Waals surface area (Å²) in [7, 11) is 0. The van der Waals surface area contributed by atoms with E-state index in [1.165, 1.54) is 11.3 Å². The van der Waals surface area contributed by atoms with Gasteiger partial charge in [-0.15, -0.1) is 11.3 Å². The van der Waals surface area contributed by atoms with Crippen molar-refractivity contribution in [3.8, 4) is 16.4 Å². The number of amides is 1. The number of hydrogen-bond acceptors (Lipinski definition) is 5. The Balaban J connectivity index is 1.45. The number of thiazole rings is 1. The minimum Gasteiger partial charge on any atom is -0.346 e. The first-order valence-electron chi connectivity index (χ1n) is 8.46. The van der Waals surface area contributed by atoms with E-state index < -0.39 is 0 Å². The molecule has 0 saturated heterocycles. The Hall–Kier alpha value is -3.32. The maximum absolute atomic E-state index is 12.6. The standard InChI is InChI=1S/C20H17N5OS/c1-14-17(12-23-25(14)16-7-3-2-4-8-16)19(26)22-11-15-13-27-20(24-15)18-9-5-6-10-21-18/h2-10,12-13H,11H2,1H3,(H,22,26). The molecule has 0 fully saturated rings. The second kappa shape index (κ2) is 7.51. The van der Waals surface area contributed by atoms with E-state index in [4.69, 9.17) is 0 Å². The first-order chi connectivity index (χ1) is 13.2. The number of carbonyl (C=O) groups excluding carboxylic acids is 1. The van der Waals surface area contributed by atoms with Crippen LogP contribution in [0.15, 0.2) is 66.3 Å². The van der Waals surface area contributed by atoms with Crippen LogP contribution in [-0.2, 0) is 6.54 Å². The van der Waals surface area contributed by atoms with Gasteiger partial charge in [-0.2, -0.15) is 5.10 Å². The van der Waals surface area contributed by atoms with Crippen LogP contribution in [0.25, 0.3) is 16.4 Å². The molecule has 0 aliphatic rings. The van der Waals surface area contributed by atoms with Crippen LogP contribution in [0.5, 0.6) is 0 Å². The van der Waals surface area contributed by atoms with Crippen molar-refractivity contribution in [3.05, 3.63) is 83.3 Å². The van der Waals surface area contributed by atoms with Crippen LogP contribution < -0.4 is 5.32 Å². The highest BCUT2D eigenvalue weighted by Crippen LogP contribution is 2.21. The van der Waals surface area contributed by atoms with Gasteiger partial charge in [-0.05, 0) is 31.2 Å². The fraction of sp³-hybridized carbons (Fsp3) is 0.100. The molecule has 4 aromatic rings. The molecule has 0 radical (unpaired) electrons. The average molecular weight is 375 g/mol. The summed E-state index contributed by atoms with van der Waals surface area (Å²) in [5, 5.41) is 10.0. The predicted molar refractivity (Wildman–Crippen MR) is 105 cm³/mol. The Labute approximate surface area is 160 Å². The largest absolute Gasteiger partial charge is 0.346 e. The first-order valence-corrected chi connectivity index (χ1v) is 9.34. The molecule has 3 aromatic heterocycles. The molecule has 4 rings (SSSR count). The highest BCUT2D eigenvalue weighted by molar-refractivity contribution is 7.13. The van der Waals surface area contributed by atoms with Gasteiger partial charge in [0.05, 0.1) is 41.1 Å². The fourth-order valence-electron chi connectivity index (χ4n) is 2.72. The summed E-state index contributed by atoms with van der Waals surface area (Å²) in [6.45, 7) is 2.25. The molecule has 0 unspecified atom stereocenters. The molecule has 1 aromatic carbocycles. The van der Waals surface area contributed by atoms with Gasteiger partial charge >= 0.3 is 0 Å². The molecule has 0 aliphatic heterocycles. The maximum Gasteiger partial charge on any atom is 0.255 e. The molecule has 134 valence electrons. The van der Waals surface area contributed by atoms with Gasteiger partial charge in [0.25, 0.3) is 5.91 Å². The second-order valence-electron chi connectivity index (χ2n) is 5.93. The van der Waals surface area contributed by atoms with Crippen molar-refractivity contribution >= 4 is 17.2 Å². The molecule has 0 atom stereocenters. The van der Waals surface area contributed by atoms with Crippen molar-refractivity contribution in [3.63, 3.8) is 0 Å². The van der Waals surface area contributed by atoms with Gasteiger partial charge in [-0.3, -0.25) is 9.78 Å². The van der Waals surface area contributed by atoms with Crippen molar-refractivity contribution in [1.82, 2.24) is 25.1 Å². The molecular formula is C20H17N5OS. The summed E-state index contributed by atoms with van der Waals surface area (Å²) in [6.07, 6.45) is 3.34. The predicted octanol–water partition coefficient (Wildman–Crippen LogP) is 3.63. The molecule has 6 nitrogen and oxygen atoms in total. The SMILES string of the molecule is Cc1c(C(=O)NCc2csc(-c3ccccn3)n2)cnn1-c1ccccc1. The van der Waals surface area contributed by atoms with Crippen LogP contribution in [0.3, 0.4) is 0 Å². The Morgan fingerprint density at radius 3 is 2.74 bits per heavy atom. The Kier molecular flexibility index (Phi) is 4.76. The van der Waals surface area contributed by atoms with Gasteiger partial charge in [-0.1, -0.05) is 24.3 Å². The van der Waals surface area contributed by atoms with E-state index in [0.717, 1.165) is 27.8 Å². The number of rotatable bonds is 5. The van der Waals surface area contributed by atoms with E-state index in [1.807, 2.05) is 60.8 Å². The third kappa shape index (κ3) is 3.63.